The highest BCUT2D eigenvalue weighted by Crippen LogP contribution is 2.27. The summed E-state index contributed by atoms with van der Waals surface area (Å²) in [7, 11) is 0. The number of ether oxygens (including phenoxy) is 2. The number of hydrogen-bond acceptors (Lipinski definition) is 6. The summed E-state index contributed by atoms with van der Waals surface area (Å²) in [6.45, 7) is 1.35. The number of halogens is 3. The first-order valence-corrected chi connectivity index (χ1v) is 9.12. The molecule has 0 bridgehead atoms. The van der Waals surface area contributed by atoms with E-state index in [2.05, 4.69) is 10.1 Å². The third-order valence-electron chi connectivity index (χ3n) is 4.07. The van der Waals surface area contributed by atoms with Gasteiger partial charge in [-0.1, -0.05) is 12.1 Å². The largest absolute Gasteiger partial charge is 0.573 e. The van der Waals surface area contributed by atoms with Crippen LogP contribution in [0.1, 0.15) is 6.92 Å². The Morgan fingerprint density at radius 3 is 2.45 bits per heavy atom. The van der Waals surface area contributed by atoms with Gasteiger partial charge in [0.2, 0.25) is 0 Å². The molecule has 7 nitrogen and oxygen atoms in total. The fourth-order valence-corrected chi connectivity index (χ4v) is 2.68. The molecule has 1 amide bonds. The molecule has 31 heavy (non-hydrogen) atoms. The first-order valence-electron chi connectivity index (χ1n) is 9.12. The zero-order valence-corrected chi connectivity index (χ0v) is 16.2. The number of aliphatic hydroxyl groups is 1. The van der Waals surface area contributed by atoms with Crippen molar-refractivity contribution in [3.63, 3.8) is 0 Å². The van der Waals surface area contributed by atoms with Gasteiger partial charge in [0, 0.05) is 18.0 Å². The van der Waals surface area contributed by atoms with Crippen LogP contribution in [0, 0.1) is 0 Å². The van der Waals surface area contributed by atoms with Crippen LogP contribution in [0.5, 0.6) is 11.5 Å². The zero-order chi connectivity index (χ0) is 22.6. The molecule has 0 aliphatic rings. The second kappa shape index (κ2) is 9.09. The number of rotatable bonds is 7. The molecule has 10 heteroatoms. The number of alkyl halides is 3. The summed E-state index contributed by atoms with van der Waals surface area (Å²) in [5, 5.41) is 12.2. The van der Waals surface area contributed by atoms with E-state index in [0.29, 0.717) is 16.7 Å². The van der Waals surface area contributed by atoms with Crippen molar-refractivity contribution >= 4 is 16.9 Å². The molecule has 2 aromatic carbocycles. The van der Waals surface area contributed by atoms with Crippen LogP contribution in [-0.4, -0.2) is 36.6 Å². The Kier molecular flexibility index (Phi) is 6.50. The van der Waals surface area contributed by atoms with Gasteiger partial charge >= 0.3 is 12.0 Å². The highest BCUT2D eigenvalue weighted by atomic mass is 19.4. The molecule has 2 N–H and O–H groups in total. The normalized spacial score (nSPS) is 12.4. The molecule has 0 spiro atoms. The minimum absolute atomic E-state index is 0.0981. The van der Waals surface area contributed by atoms with Gasteiger partial charge in [-0.3, -0.25) is 4.79 Å². The molecule has 0 radical (unpaired) electrons. The molecule has 0 saturated heterocycles. The lowest BCUT2D eigenvalue weighted by Crippen LogP contribution is -2.34. The van der Waals surface area contributed by atoms with Gasteiger partial charge in [-0.2, -0.15) is 0 Å². The van der Waals surface area contributed by atoms with Gasteiger partial charge < -0.3 is 24.3 Å². The predicted octanol–water partition coefficient (Wildman–Crippen LogP) is 3.23. The van der Waals surface area contributed by atoms with Crippen molar-refractivity contribution in [2.45, 2.75) is 19.4 Å². The highest BCUT2D eigenvalue weighted by Gasteiger charge is 2.31. The monoisotopic (exact) mass is 437 g/mol. The minimum atomic E-state index is -4.80. The third-order valence-corrected chi connectivity index (χ3v) is 4.07. The number of aliphatic hydroxyl groups excluding tert-OH is 1. The lowest BCUT2D eigenvalue weighted by molar-refractivity contribution is -0.274. The van der Waals surface area contributed by atoms with E-state index < -0.39 is 29.7 Å². The number of benzene rings is 2. The summed E-state index contributed by atoms with van der Waals surface area (Å²) < 4.78 is 51.3. The predicted molar refractivity (Wildman–Crippen MR) is 105 cm³/mol. The molecule has 3 rings (SSSR count). The summed E-state index contributed by atoms with van der Waals surface area (Å²) in [6.07, 6.45) is -5.48. The van der Waals surface area contributed by atoms with Crippen LogP contribution in [0.3, 0.4) is 0 Å². The molecule has 1 atom stereocenters. The second-order valence-electron chi connectivity index (χ2n) is 6.66. The molecule has 1 heterocycles. The summed E-state index contributed by atoms with van der Waals surface area (Å²) in [5.74, 6) is -0.527. The van der Waals surface area contributed by atoms with Crippen molar-refractivity contribution in [3.8, 4) is 22.6 Å². The van der Waals surface area contributed by atoms with Crippen LogP contribution in [-0.2, 0) is 4.79 Å². The Morgan fingerprint density at radius 2 is 1.81 bits per heavy atom. The quantitative estimate of drug-likeness (QED) is 0.551. The van der Waals surface area contributed by atoms with E-state index in [4.69, 9.17) is 14.3 Å². The lowest BCUT2D eigenvalue weighted by atomic mass is 10.1. The Labute approximate surface area is 174 Å². The highest BCUT2D eigenvalue weighted by molar-refractivity contribution is 5.83. The van der Waals surface area contributed by atoms with Crippen LogP contribution in [0.15, 0.2) is 57.7 Å². The summed E-state index contributed by atoms with van der Waals surface area (Å²) in [6, 6.07) is 11.0. The van der Waals surface area contributed by atoms with Gasteiger partial charge in [-0.25, -0.2) is 4.79 Å². The molecule has 3 aromatic rings. The van der Waals surface area contributed by atoms with E-state index in [1.165, 1.54) is 25.1 Å². The third kappa shape index (κ3) is 6.22. The zero-order valence-electron chi connectivity index (χ0n) is 16.2. The molecule has 0 aliphatic heterocycles. The molecule has 1 aromatic heterocycles. The lowest BCUT2D eigenvalue weighted by Gasteiger charge is -2.10. The van der Waals surface area contributed by atoms with Gasteiger partial charge in [-0.15, -0.1) is 13.2 Å². The number of fused-ring (bicyclic) bond motifs is 1. The van der Waals surface area contributed by atoms with E-state index in [-0.39, 0.29) is 24.3 Å². The number of hydrogen-bond donors (Lipinski definition) is 2. The van der Waals surface area contributed by atoms with Crippen molar-refractivity contribution in [3.05, 3.63) is 59.0 Å². The van der Waals surface area contributed by atoms with Crippen LogP contribution >= 0.6 is 0 Å². The van der Waals surface area contributed by atoms with E-state index in [1.807, 2.05) is 0 Å². The average Bonchev–Trinajstić information content (AvgIpc) is 2.69. The number of amides is 1. The van der Waals surface area contributed by atoms with E-state index in [1.54, 1.807) is 18.2 Å². The number of carbonyl (C=O) groups is 1. The maximum Gasteiger partial charge on any atom is 0.573 e. The Hall–Kier alpha value is -3.53. The SMILES string of the molecule is CC(O)CNC(=O)COc1ccc2cc(-c3ccc(OC(F)(F)F)cc3)c(=O)oc2c1. The Bertz CT molecular complexity index is 1120. The smallest absolute Gasteiger partial charge is 0.484 e. The van der Waals surface area contributed by atoms with Gasteiger partial charge in [0.25, 0.3) is 5.91 Å². The fraction of sp³-hybridized carbons (Fsp3) is 0.238. The van der Waals surface area contributed by atoms with Crippen molar-refractivity contribution in [1.82, 2.24) is 5.32 Å². The molecular weight excluding hydrogens is 419 g/mol. The van der Waals surface area contributed by atoms with Gasteiger partial charge in [-0.05, 0) is 42.8 Å². The van der Waals surface area contributed by atoms with E-state index >= 15 is 0 Å². The molecular formula is C21H18F3NO6. The second-order valence-corrected chi connectivity index (χ2v) is 6.66. The first-order chi connectivity index (χ1) is 14.6. The van der Waals surface area contributed by atoms with Crippen molar-refractivity contribution in [2.75, 3.05) is 13.2 Å². The fourth-order valence-electron chi connectivity index (χ4n) is 2.68. The molecule has 0 saturated carbocycles. The van der Waals surface area contributed by atoms with Crippen molar-refractivity contribution < 1.29 is 37.0 Å². The Morgan fingerprint density at radius 1 is 1.13 bits per heavy atom. The first kappa shape index (κ1) is 22.2. The molecule has 0 fully saturated rings. The molecule has 164 valence electrons. The maximum absolute atomic E-state index is 12.4. The van der Waals surface area contributed by atoms with Crippen molar-refractivity contribution in [1.29, 1.82) is 0 Å². The average molecular weight is 437 g/mol. The standard InChI is InChI=1S/C21H18F3NO6/c1-12(26)10-25-19(27)11-29-16-7-4-14-8-17(20(28)30-18(14)9-16)13-2-5-15(6-3-13)31-21(22,23)24/h2-9,12,26H,10-11H2,1H3,(H,25,27). The van der Waals surface area contributed by atoms with Gasteiger partial charge in [0.15, 0.2) is 6.61 Å². The number of nitrogens with one attached hydrogen (secondary N) is 1. The summed E-state index contributed by atoms with van der Waals surface area (Å²) in [4.78, 5) is 24.0. The topological polar surface area (TPSA) is 98.0 Å². The minimum Gasteiger partial charge on any atom is -0.484 e. The molecule has 0 aliphatic carbocycles. The Balaban J connectivity index is 1.76. The summed E-state index contributed by atoms with van der Waals surface area (Å²) >= 11 is 0. The maximum atomic E-state index is 12.4. The van der Waals surface area contributed by atoms with Gasteiger partial charge in [0.05, 0.1) is 11.7 Å². The van der Waals surface area contributed by atoms with Crippen LogP contribution < -0.4 is 20.4 Å². The van der Waals surface area contributed by atoms with E-state index in [0.717, 1.165) is 12.1 Å². The van der Waals surface area contributed by atoms with Gasteiger partial charge in [0.1, 0.15) is 17.1 Å². The van der Waals surface area contributed by atoms with Crippen molar-refractivity contribution in [2.24, 2.45) is 0 Å². The molecule has 1 unspecified atom stereocenters. The van der Waals surface area contributed by atoms with Crippen LogP contribution in [0.2, 0.25) is 0 Å². The number of carbonyl (C=O) groups excluding carboxylic acids is 1. The summed E-state index contributed by atoms with van der Waals surface area (Å²) in [5.41, 5.74) is 0.0500. The van der Waals surface area contributed by atoms with Crippen LogP contribution in [0.4, 0.5) is 13.2 Å². The van der Waals surface area contributed by atoms with E-state index in [9.17, 15) is 22.8 Å². The van der Waals surface area contributed by atoms with Crippen LogP contribution in [0.25, 0.3) is 22.1 Å².